The molecule has 0 spiro atoms. The Morgan fingerprint density at radius 2 is 1.73 bits per heavy atom. The first-order valence-corrected chi connectivity index (χ1v) is 12.8. The van der Waals surface area contributed by atoms with Crippen molar-refractivity contribution >= 4 is 21.6 Å². The molecule has 0 aliphatic heterocycles. The first-order chi connectivity index (χ1) is 15.8. The van der Waals surface area contributed by atoms with Crippen LogP contribution in [-0.2, 0) is 15.6 Å². The molecule has 2 aromatic carbocycles. The number of benzene rings is 2. The smallest absolute Gasteiger partial charge is 0.175 e. The number of sulfone groups is 1. The van der Waals surface area contributed by atoms with Gasteiger partial charge in [0.1, 0.15) is 16.9 Å². The highest BCUT2D eigenvalue weighted by Crippen LogP contribution is 2.36. The lowest BCUT2D eigenvalue weighted by molar-refractivity contribution is 0.602. The highest BCUT2D eigenvalue weighted by atomic mass is 32.2. The van der Waals surface area contributed by atoms with Crippen LogP contribution in [0.4, 0.5) is 4.39 Å². The Labute approximate surface area is 195 Å². The summed E-state index contributed by atoms with van der Waals surface area (Å²) in [5.41, 5.74) is 4.02. The van der Waals surface area contributed by atoms with Crippen molar-refractivity contribution in [3.63, 3.8) is 0 Å². The number of hydrogen-bond donors (Lipinski definition) is 0. The second-order valence-corrected chi connectivity index (χ2v) is 10.3. The SMILES string of the molecule is CS(=O)(=O)c1ccc(-c2cc(C#N)c(SCc3cccnc3)nc2-c2ccc(F)cc2)cc1. The van der Waals surface area contributed by atoms with Gasteiger partial charge in [-0.15, -0.1) is 11.8 Å². The summed E-state index contributed by atoms with van der Waals surface area (Å²) >= 11 is 1.42. The molecule has 0 saturated heterocycles. The van der Waals surface area contributed by atoms with E-state index in [-0.39, 0.29) is 10.7 Å². The Hall–Kier alpha value is -3.54. The minimum absolute atomic E-state index is 0.201. The van der Waals surface area contributed by atoms with Gasteiger partial charge in [-0.3, -0.25) is 4.98 Å². The molecule has 4 rings (SSSR count). The summed E-state index contributed by atoms with van der Waals surface area (Å²) in [5.74, 6) is 0.221. The number of halogens is 1. The third-order valence-electron chi connectivity index (χ3n) is 4.92. The van der Waals surface area contributed by atoms with Crippen LogP contribution in [0.2, 0.25) is 0 Å². The summed E-state index contributed by atoms with van der Waals surface area (Å²) in [6, 6.07) is 20.1. The summed E-state index contributed by atoms with van der Waals surface area (Å²) in [5, 5.41) is 10.3. The van der Waals surface area contributed by atoms with Crippen molar-refractivity contribution in [1.82, 2.24) is 9.97 Å². The first-order valence-electron chi connectivity index (χ1n) is 9.88. The number of nitrogens with zero attached hydrogens (tertiary/aromatic N) is 3. The molecule has 4 aromatic rings. The van der Waals surface area contributed by atoms with Gasteiger partial charge >= 0.3 is 0 Å². The molecule has 0 atom stereocenters. The maximum absolute atomic E-state index is 13.6. The molecule has 0 saturated carbocycles. The fourth-order valence-corrected chi connectivity index (χ4v) is 4.77. The van der Waals surface area contributed by atoms with Gasteiger partial charge in [0.25, 0.3) is 0 Å². The molecule has 33 heavy (non-hydrogen) atoms. The predicted octanol–water partition coefficient (Wildman–Crippen LogP) is 5.52. The Balaban J connectivity index is 1.82. The van der Waals surface area contributed by atoms with E-state index < -0.39 is 9.84 Å². The minimum atomic E-state index is -3.34. The summed E-state index contributed by atoms with van der Waals surface area (Å²) in [6.07, 6.45) is 4.61. The van der Waals surface area contributed by atoms with Crippen molar-refractivity contribution in [2.24, 2.45) is 0 Å². The Bertz CT molecular complexity index is 1430. The molecule has 164 valence electrons. The van der Waals surface area contributed by atoms with Crippen LogP contribution in [0.15, 0.2) is 89.0 Å². The van der Waals surface area contributed by atoms with E-state index in [0.29, 0.717) is 38.7 Å². The molecule has 0 amide bonds. The van der Waals surface area contributed by atoms with Crippen molar-refractivity contribution in [1.29, 1.82) is 5.26 Å². The van der Waals surface area contributed by atoms with E-state index >= 15 is 0 Å². The zero-order valence-corrected chi connectivity index (χ0v) is 19.2. The summed E-state index contributed by atoms with van der Waals surface area (Å²) in [6.45, 7) is 0. The van der Waals surface area contributed by atoms with E-state index in [1.165, 1.54) is 36.0 Å². The zero-order valence-electron chi connectivity index (χ0n) is 17.6. The van der Waals surface area contributed by atoms with Crippen LogP contribution in [0.25, 0.3) is 22.4 Å². The lowest BCUT2D eigenvalue weighted by Crippen LogP contribution is -1.98. The summed E-state index contributed by atoms with van der Waals surface area (Å²) < 4.78 is 37.2. The highest BCUT2D eigenvalue weighted by molar-refractivity contribution is 7.98. The number of nitriles is 1. The normalized spacial score (nSPS) is 11.2. The maximum atomic E-state index is 13.6. The van der Waals surface area contributed by atoms with Crippen LogP contribution in [0.5, 0.6) is 0 Å². The molecule has 8 heteroatoms. The van der Waals surface area contributed by atoms with Crippen molar-refractivity contribution in [3.05, 3.63) is 96.1 Å². The fourth-order valence-electron chi connectivity index (χ4n) is 3.25. The second-order valence-electron chi connectivity index (χ2n) is 7.30. The van der Waals surface area contributed by atoms with Gasteiger partial charge in [0, 0.05) is 35.5 Å². The Morgan fingerprint density at radius 1 is 1.03 bits per heavy atom. The first kappa shape index (κ1) is 22.6. The van der Waals surface area contributed by atoms with E-state index in [1.54, 1.807) is 42.7 Å². The lowest BCUT2D eigenvalue weighted by Gasteiger charge is -2.14. The molecule has 5 nitrogen and oxygen atoms in total. The molecular weight excluding hydrogens is 457 g/mol. The fraction of sp³-hybridized carbons (Fsp3) is 0.0800. The zero-order chi connectivity index (χ0) is 23.4. The Morgan fingerprint density at radius 3 is 2.33 bits per heavy atom. The molecule has 0 fully saturated rings. The van der Waals surface area contributed by atoms with Crippen LogP contribution >= 0.6 is 11.8 Å². The molecule has 0 unspecified atom stereocenters. The maximum Gasteiger partial charge on any atom is 0.175 e. The molecule has 2 heterocycles. The largest absolute Gasteiger partial charge is 0.264 e. The minimum Gasteiger partial charge on any atom is -0.264 e. The van der Waals surface area contributed by atoms with E-state index in [2.05, 4.69) is 11.1 Å². The van der Waals surface area contributed by atoms with Crippen LogP contribution < -0.4 is 0 Å². The number of hydrogen-bond acceptors (Lipinski definition) is 6. The number of rotatable bonds is 6. The van der Waals surface area contributed by atoms with Gasteiger partial charge in [-0.25, -0.2) is 17.8 Å². The van der Waals surface area contributed by atoms with Gasteiger partial charge in [-0.1, -0.05) is 18.2 Å². The molecular formula is C25H18FN3O2S2. The topological polar surface area (TPSA) is 83.7 Å². The third kappa shape index (κ3) is 5.28. The van der Waals surface area contributed by atoms with E-state index in [1.807, 2.05) is 12.1 Å². The Kier molecular flexibility index (Phi) is 6.54. The van der Waals surface area contributed by atoms with E-state index in [0.717, 1.165) is 11.8 Å². The van der Waals surface area contributed by atoms with E-state index in [9.17, 15) is 18.1 Å². The predicted molar refractivity (Wildman–Crippen MR) is 127 cm³/mol. The summed E-state index contributed by atoms with van der Waals surface area (Å²) in [7, 11) is -3.34. The van der Waals surface area contributed by atoms with Crippen molar-refractivity contribution in [2.45, 2.75) is 15.7 Å². The van der Waals surface area contributed by atoms with Gasteiger partial charge in [-0.2, -0.15) is 5.26 Å². The summed E-state index contributed by atoms with van der Waals surface area (Å²) in [4.78, 5) is 9.10. The van der Waals surface area contributed by atoms with Gasteiger partial charge < -0.3 is 0 Å². The molecule has 0 radical (unpaired) electrons. The van der Waals surface area contributed by atoms with Crippen LogP contribution in [-0.4, -0.2) is 24.6 Å². The number of thioether (sulfide) groups is 1. The standard InChI is InChI=1S/C25H18FN3O2S2/c1-33(30,31)22-10-6-18(7-11-22)23-13-20(14-27)25(32-16-17-3-2-12-28-15-17)29-24(23)19-4-8-21(26)9-5-19/h2-13,15H,16H2,1H3. The van der Waals surface area contributed by atoms with Crippen LogP contribution in [0.1, 0.15) is 11.1 Å². The number of aromatic nitrogens is 2. The van der Waals surface area contributed by atoms with Crippen molar-refractivity contribution < 1.29 is 12.8 Å². The third-order valence-corrected chi connectivity index (χ3v) is 7.11. The quantitative estimate of drug-likeness (QED) is 0.342. The number of pyridine rings is 2. The van der Waals surface area contributed by atoms with Crippen molar-refractivity contribution in [3.8, 4) is 28.5 Å². The van der Waals surface area contributed by atoms with Gasteiger partial charge in [0.15, 0.2) is 9.84 Å². The van der Waals surface area contributed by atoms with Gasteiger partial charge in [-0.05, 0) is 59.7 Å². The van der Waals surface area contributed by atoms with Gasteiger partial charge in [0.05, 0.1) is 16.2 Å². The monoisotopic (exact) mass is 475 g/mol. The average Bonchev–Trinajstić information content (AvgIpc) is 2.83. The van der Waals surface area contributed by atoms with Crippen LogP contribution in [0, 0.1) is 17.1 Å². The van der Waals surface area contributed by atoms with E-state index in [4.69, 9.17) is 4.98 Å². The van der Waals surface area contributed by atoms with Gasteiger partial charge in [0.2, 0.25) is 0 Å². The second kappa shape index (κ2) is 9.53. The van der Waals surface area contributed by atoms with Crippen molar-refractivity contribution in [2.75, 3.05) is 6.26 Å². The molecule has 0 aliphatic carbocycles. The highest BCUT2D eigenvalue weighted by Gasteiger charge is 2.17. The molecule has 0 bridgehead atoms. The lowest BCUT2D eigenvalue weighted by atomic mass is 9.98. The molecule has 0 N–H and O–H groups in total. The molecule has 0 aliphatic rings. The van der Waals surface area contributed by atoms with Crippen LogP contribution in [0.3, 0.4) is 0 Å². The molecule has 2 aromatic heterocycles. The average molecular weight is 476 g/mol.